The van der Waals surface area contributed by atoms with Gasteiger partial charge in [-0.3, -0.25) is 21.2 Å². The van der Waals surface area contributed by atoms with Gasteiger partial charge in [0.2, 0.25) is 0 Å². The van der Waals surface area contributed by atoms with Gasteiger partial charge in [0.25, 0.3) is 0 Å². The number of pyridine rings is 2. The monoisotopic (exact) mass is 262 g/mol. The van der Waals surface area contributed by atoms with Gasteiger partial charge >= 0.3 is 0 Å². The van der Waals surface area contributed by atoms with Gasteiger partial charge in [0.15, 0.2) is 0 Å². The van der Waals surface area contributed by atoms with Crippen LogP contribution in [-0.4, -0.2) is 9.97 Å². The molecule has 0 aliphatic heterocycles. The molecule has 0 fully saturated rings. The Bertz CT molecular complexity index is 530. The van der Waals surface area contributed by atoms with Crippen molar-refractivity contribution in [2.24, 2.45) is 5.84 Å². The lowest BCUT2D eigenvalue weighted by atomic mass is 10.0. The first-order valence-corrected chi connectivity index (χ1v) is 6.05. The second kappa shape index (κ2) is 5.91. The van der Waals surface area contributed by atoms with Crippen LogP contribution in [0, 0.1) is 6.92 Å². The van der Waals surface area contributed by atoms with Gasteiger partial charge in [0, 0.05) is 24.3 Å². The molecule has 1 unspecified atom stereocenters. The highest BCUT2D eigenvalue weighted by molar-refractivity contribution is 6.31. The van der Waals surface area contributed by atoms with Crippen molar-refractivity contribution in [2.45, 2.75) is 19.4 Å². The standard InChI is InChI=1S/C13H15ClN4/c1-9-6-11(3-5-17-9)13(18-15)7-10-2-4-16-8-12(10)14/h2-6,8,13,18H,7,15H2,1H3. The van der Waals surface area contributed by atoms with Crippen LogP contribution in [0.1, 0.15) is 22.9 Å². The van der Waals surface area contributed by atoms with Crippen molar-refractivity contribution >= 4 is 11.6 Å². The van der Waals surface area contributed by atoms with Crippen LogP contribution in [0.2, 0.25) is 5.02 Å². The summed E-state index contributed by atoms with van der Waals surface area (Å²) in [5.41, 5.74) is 5.89. The number of hydrogen-bond donors (Lipinski definition) is 2. The third-order valence-electron chi connectivity index (χ3n) is 2.80. The molecule has 18 heavy (non-hydrogen) atoms. The maximum atomic E-state index is 6.10. The smallest absolute Gasteiger partial charge is 0.0622 e. The normalized spacial score (nSPS) is 12.4. The molecule has 2 rings (SSSR count). The summed E-state index contributed by atoms with van der Waals surface area (Å²) in [6.07, 6.45) is 5.86. The highest BCUT2D eigenvalue weighted by Crippen LogP contribution is 2.22. The van der Waals surface area contributed by atoms with E-state index in [9.17, 15) is 0 Å². The molecule has 1 atom stereocenters. The summed E-state index contributed by atoms with van der Waals surface area (Å²) in [6, 6.07) is 5.87. The van der Waals surface area contributed by atoms with Crippen molar-refractivity contribution in [1.29, 1.82) is 0 Å². The molecule has 0 amide bonds. The molecule has 2 aromatic heterocycles. The number of aromatic nitrogens is 2. The third-order valence-corrected chi connectivity index (χ3v) is 3.15. The minimum atomic E-state index is 0.00611. The van der Waals surface area contributed by atoms with Gasteiger partial charge in [-0.1, -0.05) is 11.6 Å². The summed E-state index contributed by atoms with van der Waals surface area (Å²) in [5.74, 6) is 5.62. The molecule has 94 valence electrons. The summed E-state index contributed by atoms with van der Waals surface area (Å²) in [5, 5.41) is 0.656. The zero-order valence-electron chi connectivity index (χ0n) is 10.1. The predicted molar refractivity (Wildman–Crippen MR) is 72.0 cm³/mol. The van der Waals surface area contributed by atoms with Crippen LogP contribution in [0.4, 0.5) is 0 Å². The van der Waals surface area contributed by atoms with Gasteiger partial charge in [0.05, 0.1) is 11.1 Å². The van der Waals surface area contributed by atoms with Crippen molar-refractivity contribution in [1.82, 2.24) is 15.4 Å². The summed E-state index contributed by atoms with van der Waals surface area (Å²) >= 11 is 6.10. The highest BCUT2D eigenvalue weighted by Gasteiger charge is 2.12. The number of halogens is 1. The van der Waals surface area contributed by atoms with Gasteiger partial charge in [-0.25, -0.2) is 0 Å². The molecule has 0 aliphatic carbocycles. The minimum absolute atomic E-state index is 0.00611. The maximum absolute atomic E-state index is 6.10. The molecule has 3 N–H and O–H groups in total. The quantitative estimate of drug-likeness (QED) is 0.655. The number of hydrazine groups is 1. The SMILES string of the molecule is Cc1cc(C(Cc2ccncc2Cl)NN)ccn1. The first-order chi connectivity index (χ1) is 8.70. The van der Waals surface area contributed by atoms with Crippen LogP contribution in [-0.2, 0) is 6.42 Å². The second-order valence-electron chi connectivity index (χ2n) is 4.12. The molecular formula is C13H15ClN4. The van der Waals surface area contributed by atoms with Crippen LogP contribution in [0.5, 0.6) is 0 Å². The van der Waals surface area contributed by atoms with Crippen molar-refractivity contribution in [3.63, 3.8) is 0 Å². The van der Waals surface area contributed by atoms with E-state index in [4.69, 9.17) is 17.4 Å². The fraction of sp³-hybridized carbons (Fsp3) is 0.231. The van der Waals surface area contributed by atoms with Crippen LogP contribution in [0.3, 0.4) is 0 Å². The molecular weight excluding hydrogens is 248 g/mol. The molecule has 0 bridgehead atoms. The van der Waals surface area contributed by atoms with E-state index >= 15 is 0 Å². The van der Waals surface area contributed by atoms with Crippen molar-refractivity contribution in [3.8, 4) is 0 Å². The average Bonchev–Trinajstić information content (AvgIpc) is 2.38. The van der Waals surface area contributed by atoms with Gasteiger partial charge in [-0.2, -0.15) is 0 Å². The first kappa shape index (κ1) is 13.0. The van der Waals surface area contributed by atoms with E-state index in [0.29, 0.717) is 11.4 Å². The molecule has 2 heterocycles. The number of rotatable bonds is 4. The van der Waals surface area contributed by atoms with Crippen molar-refractivity contribution in [3.05, 3.63) is 58.6 Å². The predicted octanol–water partition coefficient (Wildman–Crippen LogP) is 2.19. The van der Waals surface area contributed by atoms with E-state index in [1.165, 1.54) is 0 Å². The van der Waals surface area contributed by atoms with Gasteiger partial charge < -0.3 is 0 Å². The number of nitrogens with two attached hydrogens (primary N) is 1. The molecule has 5 heteroatoms. The molecule has 4 nitrogen and oxygen atoms in total. The van der Waals surface area contributed by atoms with Crippen LogP contribution in [0.25, 0.3) is 0 Å². The fourth-order valence-corrected chi connectivity index (χ4v) is 2.04. The Morgan fingerprint density at radius 2 is 2.22 bits per heavy atom. The Morgan fingerprint density at radius 1 is 1.39 bits per heavy atom. The van der Waals surface area contributed by atoms with E-state index in [1.807, 2.05) is 25.1 Å². The van der Waals surface area contributed by atoms with E-state index in [2.05, 4.69) is 15.4 Å². The number of aryl methyl sites for hydroxylation is 1. The third kappa shape index (κ3) is 3.04. The number of nitrogens with one attached hydrogen (secondary N) is 1. The minimum Gasteiger partial charge on any atom is -0.271 e. The lowest BCUT2D eigenvalue weighted by Crippen LogP contribution is -2.29. The number of nitrogens with zero attached hydrogens (tertiary/aromatic N) is 2. The van der Waals surface area contributed by atoms with Crippen LogP contribution < -0.4 is 11.3 Å². The Labute approximate surface area is 111 Å². The van der Waals surface area contributed by atoms with Gasteiger partial charge in [-0.05, 0) is 42.7 Å². The molecule has 0 aliphatic rings. The lowest BCUT2D eigenvalue weighted by Gasteiger charge is -2.17. The topological polar surface area (TPSA) is 63.8 Å². The Morgan fingerprint density at radius 3 is 2.89 bits per heavy atom. The van der Waals surface area contributed by atoms with E-state index in [1.54, 1.807) is 18.6 Å². The Balaban J connectivity index is 2.23. The van der Waals surface area contributed by atoms with Gasteiger partial charge in [0.1, 0.15) is 0 Å². The molecule has 2 aromatic rings. The van der Waals surface area contributed by atoms with Crippen molar-refractivity contribution in [2.75, 3.05) is 0 Å². The molecule has 0 saturated carbocycles. The Hall–Kier alpha value is -1.49. The molecule has 0 radical (unpaired) electrons. The van der Waals surface area contributed by atoms with Crippen LogP contribution >= 0.6 is 11.6 Å². The first-order valence-electron chi connectivity index (χ1n) is 5.68. The fourth-order valence-electron chi connectivity index (χ4n) is 1.85. The van der Waals surface area contributed by atoms with Crippen LogP contribution in [0.15, 0.2) is 36.8 Å². The summed E-state index contributed by atoms with van der Waals surface area (Å²) in [7, 11) is 0. The average molecular weight is 263 g/mol. The summed E-state index contributed by atoms with van der Waals surface area (Å²) < 4.78 is 0. The van der Waals surface area contributed by atoms with Gasteiger partial charge in [-0.15, -0.1) is 0 Å². The van der Waals surface area contributed by atoms with E-state index < -0.39 is 0 Å². The number of hydrogen-bond acceptors (Lipinski definition) is 4. The zero-order chi connectivity index (χ0) is 13.0. The Kier molecular flexibility index (Phi) is 4.25. The molecule has 0 saturated heterocycles. The summed E-state index contributed by atoms with van der Waals surface area (Å²) in [4.78, 5) is 8.15. The highest BCUT2D eigenvalue weighted by atomic mass is 35.5. The maximum Gasteiger partial charge on any atom is 0.0622 e. The van der Waals surface area contributed by atoms with E-state index in [-0.39, 0.29) is 6.04 Å². The lowest BCUT2D eigenvalue weighted by molar-refractivity contribution is 0.551. The second-order valence-corrected chi connectivity index (χ2v) is 4.53. The zero-order valence-corrected chi connectivity index (χ0v) is 10.9. The molecule has 0 spiro atoms. The molecule has 0 aromatic carbocycles. The summed E-state index contributed by atoms with van der Waals surface area (Å²) in [6.45, 7) is 1.95. The van der Waals surface area contributed by atoms with Crippen molar-refractivity contribution < 1.29 is 0 Å². The largest absolute Gasteiger partial charge is 0.271 e. The van der Waals surface area contributed by atoms with E-state index in [0.717, 1.165) is 16.8 Å².